The Balaban J connectivity index is 2.04. The first-order valence-corrected chi connectivity index (χ1v) is 14.4. The molecule has 0 aliphatic heterocycles. The molecule has 0 spiro atoms. The predicted octanol–water partition coefficient (Wildman–Crippen LogP) is 5.93. The highest BCUT2D eigenvalue weighted by Gasteiger charge is 2.38. The highest BCUT2D eigenvalue weighted by atomic mass is 35.5. The molecule has 3 rings (SSSR count). The molecule has 0 bridgehead atoms. The van der Waals surface area contributed by atoms with Crippen molar-refractivity contribution < 1.29 is 14.3 Å². The van der Waals surface area contributed by atoms with E-state index < -0.39 is 14.4 Å². The summed E-state index contributed by atoms with van der Waals surface area (Å²) in [4.78, 5) is 20.2. The number of alkyl halides is 1. The van der Waals surface area contributed by atoms with Gasteiger partial charge in [-0.05, 0) is 37.0 Å². The number of nitrogens with one attached hydrogen (secondary N) is 1. The van der Waals surface area contributed by atoms with Gasteiger partial charge < -0.3 is 19.4 Å². The summed E-state index contributed by atoms with van der Waals surface area (Å²) in [6.45, 7) is 12.1. The molecule has 7 nitrogen and oxygen atoms in total. The predicted molar refractivity (Wildman–Crippen MR) is 132 cm³/mol. The number of aromatic nitrogens is 3. The fourth-order valence-electron chi connectivity index (χ4n) is 3.60. The number of halogens is 1. The lowest BCUT2D eigenvalue weighted by atomic mass is 10.1. The Morgan fingerprint density at radius 1 is 1.28 bits per heavy atom. The molecule has 0 saturated heterocycles. The van der Waals surface area contributed by atoms with Gasteiger partial charge in [-0.3, -0.25) is 4.98 Å². The first kappa shape index (κ1) is 24.5. The van der Waals surface area contributed by atoms with Gasteiger partial charge in [-0.25, -0.2) is 9.78 Å². The number of para-hydroxylation sites is 1. The van der Waals surface area contributed by atoms with Crippen molar-refractivity contribution in [3.8, 4) is 0 Å². The summed E-state index contributed by atoms with van der Waals surface area (Å²) in [5, 5.41) is 12.5. The van der Waals surface area contributed by atoms with Crippen LogP contribution < -0.4 is 5.32 Å². The summed E-state index contributed by atoms with van der Waals surface area (Å²) in [6, 6.07) is 7.99. The lowest BCUT2D eigenvalue weighted by molar-refractivity contribution is 0.193. The second-order valence-corrected chi connectivity index (χ2v) is 14.7. The fourth-order valence-corrected chi connectivity index (χ4v) is 4.83. The quantitative estimate of drug-likeness (QED) is 0.227. The molecule has 174 valence electrons. The zero-order chi connectivity index (χ0) is 23.5. The van der Waals surface area contributed by atoms with Crippen molar-refractivity contribution in [2.75, 3.05) is 13.2 Å². The van der Waals surface area contributed by atoms with E-state index >= 15 is 0 Å². The van der Waals surface area contributed by atoms with Crippen molar-refractivity contribution in [2.45, 2.75) is 63.7 Å². The molecule has 0 radical (unpaired) electrons. The van der Waals surface area contributed by atoms with E-state index in [1.165, 1.54) is 0 Å². The minimum absolute atomic E-state index is 0.0238. The molecule has 0 unspecified atom stereocenters. The van der Waals surface area contributed by atoms with E-state index in [1.54, 1.807) is 6.20 Å². The van der Waals surface area contributed by atoms with Crippen LogP contribution in [0.2, 0.25) is 18.1 Å². The number of rotatable bonds is 9. The number of nitrogens with zero attached hydrogens (tertiary/aromatic N) is 3. The van der Waals surface area contributed by atoms with Crippen LogP contribution in [0.15, 0.2) is 30.5 Å². The molecule has 9 heteroatoms. The van der Waals surface area contributed by atoms with Crippen LogP contribution in [-0.2, 0) is 10.3 Å². The van der Waals surface area contributed by atoms with Gasteiger partial charge in [0.05, 0.1) is 35.8 Å². The summed E-state index contributed by atoms with van der Waals surface area (Å²) in [7, 11) is -1.98. The zero-order valence-electron chi connectivity index (χ0n) is 19.5. The molecule has 2 aromatic heterocycles. The number of carboxylic acid groups (broad SMARTS) is 1. The normalized spacial score (nSPS) is 13.6. The third kappa shape index (κ3) is 5.24. The number of carbonyl (C=O) groups is 1. The van der Waals surface area contributed by atoms with E-state index in [9.17, 15) is 4.79 Å². The number of fused-ring (bicyclic) bond motifs is 3. The number of pyridine rings is 1. The Labute approximate surface area is 195 Å². The lowest BCUT2D eigenvalue weighted by Gasteiger charge is -2.37. The van der Waals surface area contributed by atoms with Crippen LogP contribution in [0.3, 0.4) is 0 Å². The van der Waals surface area contributed by atoms with Crippen LogP contribution in [0.4, 0.5) is 4.79 Å². The average molecular weight is 477 g/mol. The molecular weight excluding hydrogens is 444 g/mol. The second kappa shape index (κ2) is 9.76. The molecule has 0 aliphatic carbocycles. The van der Waals surface area contributed by atoms with Crippen LogP contribution in [0.1, 0.15) is 45.5 Å². The second-order valence-electron chi connectivity index (χ2n) is 9.64. The number of benzene rings is 1. The monoisotopic (exact) mass is 476 g/mol. The first-order valence-electron chi connectivity index (χ1n) is 11.0. The van der Waals surface area contributed by atoms with Gasteiger partial charge in [0.2, 0.25) is 0 Å². The Morgan fingerprint density at radius 3 is 2.66 bits per heavy atom. The Kier molecular flexibility index (Phi) is 7.47. The van der Waals surface area contributed by atoms with Gasteiger partial charge in [-0.1, -0.05) is 39.0 Å². The maximum Gasteiger partial charge on any atom is 0.404 e. The van der Waals surface area contributed by atoms with Gasteiger partial charge in [0.15, 0.2) is 8.32 Å². The lowest BCUT2D eigenvalue weighted by Crippen LogP contribution is -2.42. The molecule has 3 aromatic rings. The van der Waals surface area contributed by atoms with Crippen molar-refractivity contribution in [3.63, 3.8) is 0 Å². The van der Waals surface area contributed by atoms with E-state index in [0.717, 1.165) is 34.2 Å². The molecule has 0 aliphatic rings. The minimum Gasteiger partial charge on any atom is -0.465 e. The number of amides is 1. The van der Waals surface area contributed by atoms with Crippen molar-refractivity contribution in [2.24, 2.45) is 0 Å². The molecule has 2 N–H and O–H groups in total. The van der Waals surface area contributed by atoms with E-state index in [2.05, 4.69) is 54.8 Å². The number of hydrogen-bond acceptors (Lipinski definition) is 4. The van der Waals surface area contributed by atoms with Crippen molar-refractivity contribution >= 4 is 47.9 Å². The van der Waals surface area contributed by atoms with E-state index in [1.807, 2.05) is 18.2 Å². The summed E-state index contributed by atoms with van der Waals surface area (Å²) in [5.74, 6) is 1.04. The smallest absolute Gasteiger partial charge is 0.404 e. The maximum atomic E-state index is 10.9. The Bertz CT molecular complexity index is 1090. The molecule has 1 atom stereocenters. The molecule has 1 aromatic carbocycles. The van der Waals surface area contributed by atoms with Gasteiger partial charge in [-0.2, -0.15) is 0 Å². The van der Waals surface area contributed by atoms with Gasteiger partial charge in [0.25, 0.3) is 0 Å². The summed E-state index contributed by atoms with van der Waals surface area (Å²) >= 11 is 6.34. The standard InChI is InChI=1S/C23H33ClN4O3Si/c1-23(2,3)32(4,5)31-15-16(9-8-12-25-22(29)30)28-20(13-24)27-19-14-26-18-11-7-6-10-17(18)21(19)28/h6-7,10-11,14,16,25H,8-9,12-13,15H2,1-5H3,(H,29,30)/t16-/m0/s1. The zero-order valence-corrected chi connectivity index (χ0v) is 21.2. The van der Waals surface area contributed by atoms with Gasteiger partial charge in [0, 0.05) is 11.9 Å². The molecule has 2 heterocycles. The van der Waals surface area contributed by atoms with Gasteiger partial charge in [0.1, 0.15) is 11.3 Å². The topological polar surface area (TPSA) is 89.3 Å². The summed E-state index contributed by atoms with van der Waals surface area (Å²) < 4.78 is 8.81. The van der Waals surface area contributed by atoms with E-state index in [4.69, 9.17) is 26.1 Å². The summed E-state index contributed by atoms with van der Waals surface area (Å²) in [5.41, 5.74) is 2.71. The fraction of sp³-hybridized carbons (Fsp3) is 0.522. The average Bonchev–Trinajstić information content (AvgIpc) is 3.11. The first-order chi connectivity index (χ1) is 15.0. The molecule has 32 heavy (non-hydrogen) atoms. The maximum absolute atomic E-state index is 10.9. The van der Waals surface area contributed by atoms with E-state index in [-0.39, 0.29) is 17.0 Å². The van der Waals surface area contributed by atoms with Crippen LogP contribution in [0, 0.1) is 0 Å². The minimum atomic E-state index is -1.98. The third-order valence-electron chi connectivity index (χ3n) is 6.41. The van der Waals surface area contributed by atoms with Crippen molar-refractivity contribution in [1.82, 2.24) is 19.9 Å². The van der Waals surface area contributed by atoms with Crippen LogP contribution in [0.5, 0.6) is 0 Å². The third-order valence-corrected chi connectivity index (χ3v) is 11.2. The van der Waals surface area contributed by atoms with Crippen LogP contribution in [0.25, 0.3) is 21.9 Å². The Hall–Kier alpha value is -2.16. The van der Waals surface area contributed by atoms with Crippen molar-refractivity contribution in [1.29, 1.82) is 0 Å². The van der Waals surface area contributed by atoms with E-state index in [0.29, 0.717) is 19.6 Å². The highest BCUT2D eigenvalue weighted by Crippen LogP contribution is 2.38. The number of hydrogen-bond donors (Lipinski definition) is 2. The van der Waals surface area contributed by atoms with Gasteiger partial charge >= 0.3 is 6.09 Å². The number of imidazole rings is 1. The van der Waals surface area contributed by atoms with Crippen molar-refractivity contribution in [3.05, 3.63) is 36.3 Å². The molecular formula is C23H33ClN4O3Si. The summed E-state index contributed by atoms with van der Waals surface area (Å²) in [6.07, 6.45) is 2.20. The molecule has 1 amide bonds. The highest BCUT2D eigenvalue weighted by molar-refractivity contribution is 6.74. The van der Waals surface area contributed by atoms with Gasteiger partial charge in [-0.15, -0.1) is 11.6 Å². The van der Waals surface area contributed by atoms with Crippen LogP contribution in [-0.4, -0.2) is 47.2 Å². The largest absolute Gasteiger partial charge is 0.465 e. The SMILES string of the molecule is CC(C)(C)[Si](C)(C)OC[C@H](CCCNC(=O)O)n1c(CCl)nc2cnc3ccccc3c21. The van der Waals surface area contributed by atoms with Crippen LogP contribution >= 0.6 is 11.6 Å². The molecule has 0 fully saturated rings. The Morgan fingerprint density at radius 2 is 2.00 bits per heavy atom. The molecule has 0 saturated carbocycles.